The van der Waals surface area contributed by atoms with Crippen molar-refractivity contribution < 1.29 is 9.21 Å². The first-order valence-electron chi connectivity index (χ1n) is 6.56. The third-order valence-electron chi connectivity index (χ3n) is 3.24. The first-order chi connectivity index (χ1) is 10.1. The fourth-order valence-corrected chi connectivity index (χ4v) is 2.11. The van der Waals surface area contributed by atoms with Crippen molar-refractivity contribution >= 4 is 23.4 Å². The van der Waals surface area contributed by atoms with E-state index in [1.54, 1.807) is 18.4 Å². The number of nitrogens with one attached hydrogen (secondary N) is 1. The van der Waals surface area contributed by atoms with Gasteiger partial charge in [0.05, 0.1) is 11.8 Å². The monoisotopic (exact) mass is 281 g/mol. The van der Waals surface area contributed by atoms with Crippen molar-refractivity contribution in [3.63, 3.8) is 0 Å². The van der Waals surface area contributed by atoms with Crippen LogP contribution in [0.2, 0.25) is 0 Å². The SMILES string of the molecule is CN(C)c1ccc(/C=C2\C(=O)NN=C2c2ccco2)cc1. The molecule has 0 saturated carbocycles. The minimum atomic E-state index is -0.224. The second kappa shape index (κ2) is 5.28. The Morgan fingerprint density at radius 3 is 2.57 bits per heavy atom. The minimum absolute atomic E-state index is 0.224. The van der Waals surface area contributed by atoms with Gasteiger partial charge in [-0.2, -0.15) is 5.10 Å². The smallest absolute Gasteiger partial charge is 0.273 e. The van der Waals surface area contributed by atoms with Crippen molar-refractivity contribution in [3.8, 4) is 0 Å². The number of hydrogen-bond donors (Lipinski definition) is 1. The third-order valence-corrected chi connectivity index (χ3v) is 3.24. The van der Waals surface area contributed by atoms with E-state index in [1.807, 2.05) is 49.3 Å². The molecule has 0 radical (unpaired) electrons. The van der Waals surface area contributed by atoms with Crippen LogP contribution >= 0.6 is 0 Å². The molecule has 0 aliphatic carbocycles. The van der Waals surface area contributed by atoms with Gasteiger partial charge in [-0.25, -0.2) is 5.43 Å². The van der Waals surface area contributed by atoms with Crippen LogP contribution in [0.25, 0.3) is 6.08 Å². The number of benzene rings is 1. The van der Waals surface area contributed by atoms with Gasteiger partial charge in [0.2, 0.25) is 0 Å². The molecule has 5 heteroatoms. The summed E-state index contributed by atoms with van der Waals surface area (Å²) in [6.07, 6.45) is 3.37. The second-order valence-corrected chi connectivity index (χ2v) is 4.92. The molecule has 0 fully saturated rings. The number of rotatable bonds is 3. The molecule has 0 bridgehead atoms. The van der Waals surface area contributed by atoms with Crippen LogP contribution in [-0.2, 0) is 4.79 Å². The zero-order chi connectivity index (χ0) is 14.8. The van der Waals surface area contributed by atoms with Crippen molar-refractivity contribution in [1.82, 2.24) is 5.43 Å². The molecule has 2 aromatic rings. The highest BCUT2D eigenvalue weighted by molar-refractivity contribution is 6.32. The molecule has 2 heterocycles. The van der Waals surface area contributed by atoms with E-state index in [-0.39, 0.29) is 5.91 Å². The predicted molar refractivity (Wildman–Crippen MR) is 82.1 cm³/mol. The number of furan rings is 1. The highest BCUT2D eigenvalue weighted by Crippen LogP contribution is 2.19. The lowest BCUT2D eigenvalue weighted by atomic mass is 10.0. The van der Waals surface area contributed by atoms with Crippen LogP contribution in [-0.4, -0.2) is 25.7 Å². The van der Waals surface area contributed by atoms with Crippen molar-refractivity contribution in [3.05, 3.63) is 59.6 Å². The Kier molecular flexibility index (Phi) is 3.31. The van der Waals surface area contributed by atoms with Gasteiger partial charge in [-0.15, -0.1) is 0 Å². The van der Waals surface area contributed by atoms with Gasteiger partial charge in [-0.3, -0.25) is 4.79 Å². The average molecular weight is 281 g/mol. The largest absolute Gasteiger partial charge is 0.463 e. The van der Waals surface area contributed by atoms with Crippen molar-refractivity contribution in [2.24, 2.45) is 5.10 Å². The van der Waals surface area contributed by atoms with Crippen molar-refractivity contribution in [2.75, 3.05) is 19.0 Å². The summed E-state index contributed by atoms with van der Waals surface area (Å²) in [4.78, 5) is 13.9. The predicted octanol–water partition coefficient (Wildman–Crippen LogP) is 2.26. The molecule has 1 aromatic heterocycles. The third kappa shape index (κ3) is 2.58. The van der Waals surface area contributed by atoms with E-state index in [1.165, 1.54) is 0 Å². The molecule has 0 spiro atoms. The van der Waals surface area contributed by atoms with E-state index >= 15 is 0 Å². The maximum atomic E-state index is 11.9. The van der Waals surface area contributed by atoms with Crippen LogP contribution in [0.3, 0.4) is 0 Å². The average Bonchev–Trinajstić information content (AvgIpc) is 3.10. The fourth-order valence-electron chi connectivity index (χ4n) is 2.11. The van der Waals surface area contributed by atoms with Gasteiger partial charge in [0.15, 0.2) is 5.76 Å². The van der Waals surface area contributed by atoms with E-state index < -0.39 is 0 Å². The highest BCUT2D eigenvalue weighted by atomic mass is 16.3. The zero-order valence-electron chi connectivity index (χ0n) is 11.8. The lowest BCUT2D eigenvalue weighted by molar-refractivity contribution is -0.116. The number of nitrogens with zero attached hydrogens (tertiary/aromatic N) is 2. The Morgan fingerprint density at radius 2 is 1.95 bits per heavy atom. The summed E-state index contributed by atoms with van der Waals surface area (Å²) in [6, 6.07) is 11.5. The molecular weight excluding hydrogens is 266 g/mol. The van der Waals surface area contributed by atoms with Crippen LogP contribution in [0.5, 0.6) is 0 Å². The van der Waals surface area contributed by atoms with Gasteiger partial charge >= 0.3 is 0 Å². The Hall–Kier alpha value is -2.82. The van der Waals surface area contributed by atoms with E-state index in [9.17, 15) is 4.79 Å². The van der Waals surface area contributed by atoms with Gasteiger partial charge in [-0.05, 0) is 35.9 Å². The standard InChI is InChI=1S/C16H15N3O2/c1-19(2)12-7-5-11(6-8-12)10-13-15(17-18-16(13)20)14-4-3-9-21-14/h3-10H,1-2H3,(H,18,20)/b13-10-. The minimum Gasteiger partial charge on any atom is -0.463 e. The lowest BCUT2D eigenvalue weighted by Gasteiger charge is -2.11. The number of carbonyl (C=O) groups excluding carboxylic acids is 1. The molecule has 21 heavy (non-hydrogen) atoms. The Morgan fingerprint density at radius 1 is 1.19 bits per heavy atom. The Labute approximate surface area is 122 Å². The number of anilines is 1. The molecular formula is C16H15N3O2. The van der Waals surface area contributed by atoms with Gasteiger partial charge in [0, 0.05) is 19.8 Å². The summed E-state index contributed by atoms with van der Waals surface area (Å²) in [6.45, 7) is 0. The van der Waals surface area contributed by atoms with E-state index in [4.69, 9.17) is 4.42 Å². The summed E-state index contributed by atoms with van der Waals surface area (Å²) >= 11 is 0. The summed E-state index contributed by atoms with van der Waals surface area (Å²) in [5.74, 6) is 0.350. The van der Waals surface area contributed by atoms with Crippen LogP contribution < -0.4 is 10.3 Å². The zero-order valence-corrected chi connectivity index (χ0v) is 11.8. The van der Waals surface area contributed by atoms with Crippen molar-refractivity contribution in [1.29, 1.82) is 0 Å². The summed E-state index contributed by atoms with van der Waals surface area (Å²) in [7, 11) is 3.97. The van der Waals surface area contributed by atoms with Gasteiger partial charge in [0.1, 0.15) is 5.71 Å². The van der Waals surface area contributed by atoms with E-state index in [0.717, 1.165) is 11.3 Å². The first kappa shape index (κ1) is 13.2. The maximum Gasteiger partial charge on any atom is 0.273 e. The van der Waals surface area contributed by atoms with Crippen molar-refractivity contribution in [2.45, 2.75) is 0 Å². The Bertz CT molecular complexity index is 710. The topological polar surface area (TPSA) is 57.8 Å². The molecule has 3 rings (SSSR count). The first-order valence-corrected chi connectivity index (χ1v) is 6.56. The lowest BCUT2D eigenvalue weighted by Crippen LogP contribution is -2.13. The van der Waals surface area contributed by atoms with Crippen LogP contribution in [0, 0.1) is 0 Å². The van der Waals surface area contributed by atoms with Gasteiger partial charge < -0.3 is 9.32 Å². The van der Waals surface area contributed by atoms with E-state index in [0.29, 0.717) is 17.0 Å². The number of amides is 1. The number of hydrogen-bond acceptors (Lipinski definition) is 4. The number of hydrazone groups is 1. The molecule has 1 N–H and O–H groups in total. The molecule has 1 amide bonds. The summed E-state index contributed by atoms with van der Waals surface area (Å²) < 4.78 is 5.31. The quantitative estimate of drug-likeness (QED) is 0.878. The Balaban J connectivity index is 1.93. The van der Waals surface area contributed by atoms with Crippen LogP contribution in [0.1, 0.15) is 11.3 Å². The fraction of sp³-hybridized carbons (Fsp3) is 0.125. The maximum absolute atomic E-state index is 11.9. The van der Waals surface area contributed by atoms with Gasteiger partial charge in [-0.1, -0.05) is 12.1 Å². The summed E-state index contributed by atoms with van der Waals surface area (Å²) in [5.41, 5.74) is 5.54. The molecule has 5 nitrogen and oxygen atoms in total. The summed E-state index contributed by atoms with van der Waals surface area (Å²) in [5, 5.41) is 4.03. The molecule has 106 valence electrons. The highest BCUT2D eigenvalue weighted by Gasteiger charge is 2.25. The molecule has 0 saturated heterocycles. The second-order valence-electron chi connectivity index (χ2n) is 4.92. The number of carbonyl (C=O) groups is 1. The van der Waals surface area contributed by atoms with Gasteiger partial charge in [0.25, 0.3) is 5.91 Å². The molecule has 0 unspecified atom stereocenters. The molecule has 1 aliphatic rings. The van der Waals surface area contributed by atoms with Crippen LogP contribution in [0.4, 0.5) is 5.69 Å². The van der Waals surface area contributed by atoms with E-state index in [2.05, 4.69) is 10.5 Å². The molecule has 1 aliphatic heterocycles. The normalized spacial score (nSPS) is 16.0. The molecule has 1 aromatic carbocycles. The molecule has 0 atom stereocenters. The van der Waals surface area contributed by atoms with Crippen LogP contribution in [0.15, 0.2) is 57.8 Å².